The first-order valence-corrected chi connectivity index (χ1v) is 10.9. The molecule has 1 heterocycles. The van der Waals surface area contributed by atoms with Crippen molar-refractivity contribution in [2.45, 2.75) is 32.5 Å². The highest BCUT2D eigenvalue weighted by Gasteiger charge is 2.37. The third-order valence-electron chi connectivity index (χ3n) is 5.13. The molecule has 3 aromatic rings. The minimum Gasteiger partial charge on any atom is -0.478 e. The molecule has 0 fully saturated rings. The van der Waals surface area contributed by atoms with Crippen molar-refractivity contribution in [2.75, 3.05) is 24.4 Å². The number of benzene rings is 2. The smallest absolute Gasteiger partial charge is 0.330 e. The van der Waals surface area contributed by atoms with Crippen molar-refractivity contribution >= 4 is 29.0 Å². The number of nitrogens with one attached hydrogen (secondary N) is 1. The Labute approximate surface area is 201 Å². The molecule has 1 aromatic heterocycles. The lowest BCUT2D eigenvalue weighted by molar-refractivity contribution is -0.131. The first-order chi connectivity index (χ1) is 16.1. The third kappa shape index (κ3) is 5.67. The fraction of sp³-hybridized carbons (Fsp3) is 0.292. The molecular formula is C24H27ClN4O5. The van der Waals surface area contributed by atoms with E-state index in [1.165, 1.54) is 16.6 Å². The molecule has 9 nitrogen and oxygen atoms in total. The number of aromatic nitrogens is 2. The van der Waals surface area contributed by atoms with Gasteiger partial charge >= 0.3 is 5.69 Å². The van der Waals surface area contributed by atoms with Crippen molar-refractivity contribution in [3.63, 3.8) is 0 Å². The van der Waals surface area contributed by atoms with E-state index in [2.05, 4.69) is 4.98 Å². The van der Waals surface area contributed by atoms with Gasteiger partial charge in [-0.25, -0.2) is 4.79 Å². The van der Waals surface area contributed by atoms with Crippen LogP contribution in [0.1, 0.15) is 19.4 Å². The normalized spacial score (nSPS) is 11.3. The molecule has 0 saturated carbocycles. The van der Waals surface area contributed by atoms with E-state index in [1.54, 1.807) is 38.1 Å². The molecule has 10 heteroatoms. The molecule has 0 saturated heterocycles. The highest BCUT2D eigenvalue weighted by Crippen LogP contribution is 2.27. The van der Waals surface area contributed by atoms with Crippen molar-refractivity contribution in [2.24, 2.45) is 0 Å². The Morgan fingerprint density at radius 3 is 2.38 bits per heavy atom. The summed E-state index contributed by atoms with van der Waals surface area (Å²) in [6.45, 7) is 3.50. The second-order valence-electron chi connectivity index (χ2n) is 8.08. The summed E-state index contributed by atoms with van der Waals surface area (Å²) in [7, 11) is 1.48. The predicted octanol–water partition coefficient (Wildman–Crippen LogP) is 2.81. The SMILES string of the molecule is COCCn1c(N)c(N(Cc2ccccc2)C(=O)C(C)(C)Oc2ccc(Cl)cc2)c(=O)[nH]c1=O. The molecule has 0 spiro atoms. The summed E-state index contributed by atoms with van der Waals surface area (Å²) >= 11 is 5.95. The van der Waals surface area contributed by atoms with Crippen LogP contribution in [-0.2, 0) is 22.6 Å². The van der Waals surface area contributed by atoms with Crippen molar-refractivity contribution in [1.29, 1.82) is 0 Å². The van der Waals surface area contributed by atoms with Crippen LogP contribution in [0.25, 0.3) is 0 Å². The molecule has 0 atom stereocenters. The summed E-state index contributed by atoms with van der Waals surface area (Å²) in [5.74, 6) is -0.243. The number of carbonyl (C=O) groups excluding carboxylic acids is 1. The summed E-state index contributed by atoms with van der Waals surface area (Å²) in [6.07, 6.45) is 0. The fourth-order valence-corrected chi connectivity index (χ4v) is 3.55. The molecule has 3 N–H and O–H groups in total. The van der Waals surface area contributed by atoms with Gasteiger partial charge in [0.25, 0.3) is 11.5 Å². The maximum absolute atomic E-state index is 13.8. The van der Waals surface area contributed by atoms with Crippen LogP contribution in [0, 0.1) is 0 Å². The van der Waals surface area contributed by atoms with E-state index in [0.29, 0.717) is 10.8 Å². The van der Waals surface area contributed by atoms with Gasteiger partial charge in [-0.15, -0.1) is 0 Å². The molecule has 34 heavy (non-hydrogen) atoms. The van der Waals surface area contributed by atoms with Gasteiger partial charge in [0.05, 0.1) is 19.7 Å². The van der Waals surface area contributed by atoms with Gasteiger partial charge < -0.3 is 15.2 Å². The van der Waals surface area contributed by atoms with Gasteiger partial charge in [-0.2, -0.15) is 0 Å². The number of nitrogen functional groups attached to an aromatic ring is 1. The number of carbonyl (C=O) groups is 1. The lowest BCUT2D eigenvalue weighted by atomic mass is 10.1. The molecule has 0 aliphatic carbocycles. The van der Waals surface area contributed by atoms with Crippen molar-refractivity contribution in [3.05, 3.63) is 86.0 Å². The largest absolute Gasteiger partial charge is 0.478 e. The number of nitrogens with two attached hydrogens (primary N) is 1. The lowest BCUT2D eigenvalue weighted by Crippen LogP contribution is -2.51. The molecule has 0 aliphatic rings. The second-order valence-corrected chi connectivity index (χ2v) is 8.52. The highest BCUT2D eigenvalue weighted by molar-refractivity contribution is 6.30. The minimum atomic E-state index is -1.39. The topological polar surface area (TPSA) is 120 Å². The van der Waals surface area contributed by atoms with E-state index in [0.717, 1.165) is 5.56 Å². The Morgan fingerprint density at radius 1 is 1.12 bits per heavy atom. The van der Waals surface area contributed by atoms with Crippen LogP contribution in [0.5, 0.6) is 5.75 Å². The Bertz CT molecular complexity index is 1250. The van der Waals surface area contributed by atoms with Crippen LogP contribution in [0.4, 0.5) is 11.5 Å². The number of H-pyrrole nitrogens is 1. The number of hydrogen-bond acceptors (Lipinski definition) is 6. The maximum atomic E-state index is 13.8. The number of aromatic amines is 1. The van der Waals surface area contributed by atoms with Gasteiger partial charge in [0.2, 0.25) is 0 Å². The Kier molecular flexibility index (Phi) is 7.80. The average molecular weight is 487 g/mol. The maximum Gasteiger partial charge on any atom is 0.330 e. The van der Waals surface area contributed by atoms with Crippen LogP contribution in [0.2, 0.25) is 5.02 Å². The molecule has 0 radical (unpaired) electrons. The van der Waals surface area contributed by atoms with Crippen LogP contribution >= 0.6 is 11.6 Å². The Balaban J connectivity index is 2.09. The number of methoxy groups -OCH3 is 1. The summed E-state index contributed by atoms with van der Waals surface area (Å²) in [4.78, 5) is 42.6. The Morgan fingerprint density at radius 2 is 1.76 bits per heavy atom. The zero-order valence-corrected chi connectivity index (χ0v) is 20.0. The highest BCUT2D eigenvalue weighted by atomic mass is 35.5. The molecule has 0 aliphatic heterocycles. The number of ether oxygens (including phenoxy) is 2. The standard InChI is InChI=1S/C24H27ClN4O5/c1-24(2,34-18-11-9-17(25)10-12-18)22(31)29(15-16-7-5-4-6-8-16)19-20(26)28(13-14-33-3)23(32)27-21(19)30/h4-12H,13-15,26H2,1-3H3,(H,27,30,32). The zero-order valence-electron chi connectivity index (χ0n) is 19.2. The quantitative estimate of drug-likeness (QED) is 0.480. The number of rotatable bonds is 9. The van der Waals surface area contributed by atoms with Crippen molar-refractivity contribution < 1.29 is 14.3 Å². The van der Waals surface area contributed by atoms with Gasteiger partial charge in [-0.3, -0.25) is 24.0 Å². The van der Waals surface area contributed by atoms with E-state index in [4.69, 9.17) is 26.8 Å². The first-order valence-electron chi connectivity index (χ1n) is 10.6. The van der Waals surface area contributed by atoms with Crippen molar-refractivity contribution in [1.82, 2.24) is 9.55 Å². The molecule has 180 valence electrons. The summed E-state index contributed by atoms with van der Waals surface area (Å²) in [5, 5.41) is 0.528. The van der Waals surface area contributed by atoms with E-state index in [9.17, 15) is 14.4 Å². The zero-order chi connectivity index (χ0) is 24.9. The predicted molar refractivity (Wildman–Crippen MR) is 131 cm³/mol. The van der Waals surface area contributed by atoms with Gasteiger partial charge in [0, 0.05) is 12.1 Å². The number of hydrogen-bond donors (Lipinski definition) is 2. The van der Waals surface area contributed by atoms with Gasteiger partial charge in [0.15, 0.2) is 11.3 Å². The van der Waals surface area contributed by atoms with Crippen LogP contribution in [-0.4, -0.2) is 34.8 Å². The van der Waals surface area contributed by atoms with Crippen LogP contribution < -0.4 is 26.6 Å². The average Bonchev–Trinajstić information content (AvgIpc) is 2.79. The minimum absolute atomic E-state index is 0.0306. The fourth-order valence-electron chi connectivity index (χ4n) is 3.43. The van der Waals surface area contributed by atoms with Crippen LogP contribution in [0.15, 0.2) is 64.2 Å². The number of halogens is 1. The lowest BCUT2D eigenvalue weighted by Gasteiger charge is -2.33. The summed E-state index contributed by atoms with van der Waals surface area (Å²) in [5.41, 5.74) is 4.03. The van der Waals surface area contributed by atoms with Crippen LogP contribution in [0.3, 0.4) is 0 Å². The second kappa shape index (κ2) is 10.6. The monoisotopic (exact) mass is 486 g/mol. The number of amides is 1. The molecular weight excluding hydrogens is 460 g/mol. The van der Waals surface area contributed by atoms with Gasteiger partial charge in [-0.1, -0.05) is 41.9 Å². The number of anilines is 2. The van der Waals surface area contributed by atoms with Crippen molar-refractivity contribution in [3.8, 4) is 5.75 Å². The summed E-state index contributed by atoms with van der Waals surface area (Å²) < 4.78 is 12.2. The molecule has 1 amide bonds. The van der Waals surface area contributed by atoms with Gasteiger partial charge in [0.1, 0.15) is 11.6 Å². The molecule has 0 unspecified atom stereocenters. The third-order valence-corrected chi connectivity index (χ3v) is 5.39. The Hall–Kier alpha value is -3.56. The molecule has 3 rings (SSSR count). The first kappa shape index (κ1) is 25.1. The van der Waals surface area contributed by atoms with Gasteiger partial charge in [-0.05, 0) is 43.7 Å². The van der Waals surface area contributed by atoms with E-state index < -0.39 is 22.8 Å². The summed E-state index contributed by atoms with van der Waals surface area (Å²) in [6, 6.07) is 15.7. The van der Waals surface area contributed by atoms with E-state index in [-0.39, 0.29) is 31.2 Å². The molecule has 2 aromatic carbocycles. The van der Waals surface area contributed by atoms with E-state index >= 15 is 0 Å². The van der Waals surface area contributed by atoms with E-state index in [1.807, 2.05) is 30.3 Å². The number of nitrogens with zero attached hydrogens (tertiary/aromatic N) is 2. The molecule has 0 bridgehead atoms.